The van der Waals surface area contributed by atoms with E-state index in [0.717, 1.165) is 0 Å². The molecule has 1 nitrogen and oxygen atoms in total. The van der Waals surface area contributed by atoms with E-state index < -0.39 is 0 Å². The Morgan fingerprint density at radius 1 is 1.60 bits per heavy atom. The monoisotopic (exact) mass is 101 g/mol. The number of aliphatic hydroxyl groups excluding tert-OH is 1. The van der Waals surface area contributed by atoms with Crippen molar-refractivity contribution in [3.8, 4) is 0 Å². The van der Waals surface area contributed by atoms with Crippen LogP contribution in [0.15, 0.2) is 0 Å². The van der Waals surface area contributed by atoms with Gasteiger partial charge in [0.1, 0.15) is 0 Å². The topological polar surface area (TPSA) is 20.2 Å². The summed E-state index contributed by atoms with van der Waals surface area (Å²) < 4.78 is 0. The van der Waals surface area contributed by atoms with Crippen LogP contribution in [0.2, 0.25) is 0 Å². The van der Waals surface area contributed by atoms with Gasteiger partial charge in [-0.05, 0) is 6.42 Å². The van der Waals surface area contributed by atoms with Crippen LogP contribution in [0.5, 0.6) is 0 Å². The van der Waals surface area contributed by atoms with E-state index >= 15 is 0 Å². The molecule has 0 heterocycles. The molecule has 0 unspecified atom stereocenters. The van der Waals surface area contributed by atoms with E-state index in [0.29, 0.717) is 6.42 Å². The van der Waals surface area contributed by atoms with Crippen molar-refractivity contribution in [2.45, 2.75) is 6.42 Å². The van der Waals surface area contributed by atoms with Crippen LogP contribution in [0.25, 0.3) is 0 Å². The van der Waals surface area contributed by atoms with Crippen LogP contribution in [-0.4, -0.2) is 49.5 Å². The number of rotatable bonds is 1. The van der Waals surface area contributed by atoms with Gasteiger partial charge in [0.25, 0.3) is 0 Å². The van der Waals surface area contributed by atoms with Crippen molar-refractivity contribution >= 4 is 37.7 Å². The van der Waals surface area contributed by atoms with E-state index in [1.807, 2.05) is 0 Å². The molecule has 0 aromatic carbocycles. The zero-order valence-electron chi connectivity index (χ0n) is 2.57. The predicted octanol–water partition coefficient (Wildman–Crippen LogP) is -0.713. The first kappa shape index (κ1) is 9.52. The Labute approximate surface area is 62.4 Å². The van der Waals surface area contributed by atoms with Crippen molar-refractivity contribution in [2.75, 3.05) is 6.61 Å². The van der Waals surface area contributed by atoms with Gasteiger partial charge < -0.3 is 5.11 Å². The van der Waals surface area contributed by atoms with Gasteiger partial charge in [-0.15, -0.1) is 0 Å². The number of aliphatic hydroxyl groups is 1. The van der Waals surface area contributed by atoms with Crippen LogP contribution in [0.3, 0.4) is 0 Å². The first-order valence-corrected chi connectivity index (χ1v) is 1.32. The van der Waals surface area contributed by atoms with Crippen LogP contribution in [-0.2, 0) is 0 Å². The van der Waals surface area contributed by atoms with E-state index in [1.54, 1.807) is 0 Å². The summed E-state index contributed by atoms with van der Waals surface area (Å²) in [5.74, 6) is 0. The van der Waals surface area contributed by atoms with Crippen molar-refractivity contribution in [2.24, 2.45) is 0 Å². The third-order valence-corrected chi connectivity index (χ3v) is 0.158. The first-order chi connectivity index (χ1) is 1.91. The summed E-state index contributed by atoms with van der Waals surface area (Å²) in [5, 5.41) is 7.81. The minimum atomic E-state index is 0. The van der Waals surface area contributed by atoms with E-state index in [-0.39, 0.29) is 44.3 Å². The van der Waals surface area contributed by atoms with E-state index in [4.69, 9.17) is 5.11 Å². The van der Waals surface area contributed by atoms with Crippen LogP contribution >= 0.6 is 0 Å². The summed E-state index contributed by atoms with van der Waals surface area (Å²) >= 11 is 0. The molecular weight excluding hydrogens is 92.1 g/mol. The normalized spacial score (nSPS) is 6.00. The maximum atomic E-state index is 7.81. The molecule has 1 N–H and O–H groups in total. The van der Waals surface area contributed by atoms with Gasteiger partial charge in [-0.3, -0.25) is 0 Å². The molecule has 0 bridgehead atoms. The minimum absolute atomic E-state index is 0. The summed E-state index contributed by atoms with van der Waals surface area (Å²) in [4.78, 5) is 0. The molecule has 0 aromatic heterocycles. The first-order valence-electron chi connectivity index (χ1n) is 1.32. The fourth-order valence-corrected chi connectivity index (χ4v) is 0. The van der Waals surface area contributed by atoms with Crippen LogP contribution in [0, 0.1) is 6.92 Å². The van der Waals surface area contributed by atoms with Gasteiger partial charge in [0, 0.05) is 6.61 Å². The molecule has 0 aromatic rings. The standard InChI is InChI=1S/C3H7O.Ca.2H/c1-2-3-4;;;/h4H,1-3H2;;;. The molecule has 0 saturated heterocycles. The molecule has 29 valence electrons. The van der Waals surface area contributed by atoms with Crippen molar-refractivity contribution in [1.29, 1.82) is 0 Å². The average Bonchev–Trinajstić information content (AvgIpc) is 1.37. The van der Waals surface area contributed by atoms with Gasteiger partial charge in [-0.1, -0.05) is 6.92 Å². The second-order valence-corrected chi connectivity index (χ2v) is 0.577. The third kappa shape index (κ3) is 11.0. The third-order valence-electron chi connectivity index (χ3n) is 0.158. The summed E-state index contributed by atoms with van der Waals surface area (Å²) in [7, 11) is 0. The van der Waals surface area contributed by atoms with Crippen LogP contribution < -0.4 is 0 Å². The van der Waals surface area contributed by atoms with Gasteiger partial charge in [-0.2, -0.15) is 0 Å². The number of hydrogen-bond donors (Lipinski definition) is 1. The molecule has 2 heteroatoms. The van der Waals surface area contributed by atoms with Crippen molar-refractivity contribution in [3.63, 3.8) is 0 Å². The van der Waals surface area contributed by atoms with E-state index in [9.17, 15) is 0 Å². The second kappa shape index (κ2) is 8.97. The molecule has 0 amide bonds. The molecule has 0 aliphatic carbocycles. The van der Waals surface area contributed by atoms with Crippen LogP contribution in [0.1, 0.15) is 6.42 Å². The van der Waals surface area contributed by atoms with Crippen LogP contribution in [0.4, 0.5) is 0 Å². The Morgan fingerprint density at radius 2 is 1.80 bits per heavy atom. The van der Waals surface area contributed by atoms with Crippen molar-refractivity contribution in [3.05, 3.63) is 6.92 Å². The van der Waals surface area contributed by atoms with E-state index in [2.05, 4.69) is 6.92 Å². The zero-order valence-corrected chi connectivity index (χ0v) is 2.57. The molecule has 0 atom stereocenters. The SMILES string of the molecule is [CH2]CCO.[CaH2]. The van der Waals surface area contributed by atoms with E-state index in [1.165, 1.54) is 0 Å². The maximum absolute atomic E-state index is 7.81. The molecule has 0 saturated carbocycles. The Hall–Kier alpha value is 1.22. The van der Waals surface area contributed by atoms with Gasteiger partial charge >= 0.3 is 37.7 Å². The molecule has 0 aliphatic rings. The van der Waals surface area contributed by atoms with Gasteiger partial charge in [0.05, 0.1) is 0 Å². The second-order valence-electron chi connectivity index (χ2n) is 0.577. The van der Waals surface area contributed by atoms with Gasteiger partial charge in [0.2, 0.25) is 0 Å². The summed E-state index contributed by atoms with van der Waals surface area (Å²) in [6.07, 6.45) is 0.625. The average molecular weight is 101 g/mol. The van der Waals surface area contributed by atoms with Crippen molar-refractivity contribution < 1.29 is 5.11 Å². The molecule has 0 spiro atoms. The summed E-state index contributed by atoms with van der Waals surface area (Å²) in [5.41, 5.74) is 0. The Kier molecular flexibility index (Phi) is 17.1. The Balaban J connectivity index is 0. The molecule has 0 fully saturated rings. The quantitative estimate of drug-likeness (QED) is 0.432. The predicted molar refractivity (Wildman–Crippen MR) is 25.6 cm³/mol. The Morgan fingerprint density at radius 3 is 1.80 bits per heavy atom. The zero-order chi connectivity index (χ0) is 3.41. The van der Waals surface area contributed by atoms with Gasteiger partial charge in [-0.25, -0.2) is 0 Å². The fraction of sp³-hybridized carbons (Fsp3) is 0.667. The van der Waals surface area contributed by atoms with Gasteiger partial charge in [0.15, 0.2) is 0 Å². The molecule has 1 radical (unpaired) electrons. The Bertz CT molecular complexity index is 8.85. The molecular formula is C3H9CaO. The number of hydrogen-bond acceptors (Lipinski definition) is 1. The molecule has 5 heavy (non-hydrogen) atoms. The summed E-state index contributed by atoms with van der Waals surface area (Å²) in [6.45, 7) is 3.56. The molecule has 0 aliphatic heterocycles. The molecule has 0 rings (SSSR count). The fourth-order valence-electron chi connectivity index (χ4n) is 0. The summed E-state index contributed by atoms with van der Waals surface area (Å²) in [6, 6.07) is 0. The van der Waals surface area contributed by atoms with Crippen molar-refractivity contribution in [1.82, 2.24) is 0 Å².